The summed E-state index contributed by atoms with van der Waals surface area (Å²) in [5, 5.41) is 42.7. The number of amides is 5. The second kappa shape index (κ2) is 24.8. The van der Waals surface area contributed by atoms with Crippen molar-refractivity contribution in [1.29, 1.82) is 0 Å². The first-order chi connectivity index (χ1) is 27.4. The number of H-pyrrole nitrogens is 1. The Morgan fingerprint density at radius 2 is 1.34 bits per heavy atom. The molecule has 17 N–H and O–H groups in total. The van der Waals surface area contributed by atoms with Gasteiger partial charge in [-0.3, -0.25) is 29.0 Å². The van der Waals surface area contributed by atoms with E-state index in [2.05, 4.69) is 41.5 Å². The number of carboxylic acid groups (broad SMARTS) is 1. The van der Waals surface area contributed by atoms with Gasteiger partial charge in [-0.15, -0.1) is 0 Å². The van der Waals surface area contributed by atoms with E-state index in [1.54, 1.807) is 26.0 Å². The first-order valence-corrected chi connectivity index (χ1v) is 19.1. The molecule has 0 radical (unpaired) electrons. The number of aliphatic hydroxyl groups excluding tert-OH is 1. The monoisotopic (exact) mass is 816 g/mol. The lowest BCUT2D eigenvalue weighted by molar-refractivity contribution is -0.143. The molecule has 5 amide bonds. The van der Waals surface area contributed by atoms with Gasteiger partial charge in [-0.05, 0) is 82.0 Å². The van der Waals surface area contributed by atoms with E-state index in [-0.39, 0.29) is 69.2 Å². The number of benzene rings is 1. The van der Waals surface area contributed by atoms with Crippen LogP contribution in [0.1, 0.15) is 70.6 Å². The van der Waals surface area contributed by atoms with Crippen LogP contribution in [0.5, 0.6) is 5.75 Å². The number of nitrogens with one attached hydrogen (secondary N) is 6. The molecule has 0 aliphatic heterocycles. The van der Waals surface area contributed by atoms with Crippen molar-refractivity contribution in [2.24, 2.45) is 33.8 Å². The lowest BCUT2D eigenvalue weighted by Crippen LogP contribution is -2.61. The molecule has 1 heterocycles. The molecule has 0 aliphatic carbocycles. The van der Waals surface area contributed by atoms with Crippen molar-refractivity contribution in [1.82, 2.24) is 36.6 Å². The highest BCUT2D eigenvalue weighted by Gasteiger charge is 2.35. The standard InChI is InChI=1S/C37H60N12O9/c1-20(2)15-29(36(57)58)48-34(55)28(17-23-18-42-19-44-23)47-35(56)30(21(3)50)49-33(54)26(7-4-5-13-38)46-32(53)27(8-6-14-43-37(40)41)45-31(52)25(39)16-22-9-11-24(51)12-10-22/h9-12,18-21,25-30,50-51H,4-8,13-17,38-39H2,1-3H3,(H,42,44)(H,45,52)(H,46,53)(H,47,56)(H,48,55)(H,49,54)(H,57,58)(H4,40,41,43)/t21-,25+,26+,27+,28+,29+,30+/m1/s1. The number of hydrogen-bond donors (Lipinski definition) is 13. The average molecular weight is 817 g/mol. The fraction of sp³-hybridized carbons (Fsp3) is 0.568. The zero-order valence-electron chi connectivity index (χ0n) is 33.1. The maximum absolute atomic E-state index is 13.8. The lowest BCUT2D eigenvalue weighted by Gasteiger charge is -2.28. The van der Waals surface area contributed by atoms with Gasteiger partial charge in [0.05, 0.1) is 18.5 Å². The summed E-state index contributed by atoms with van der Waals surface area (Å²) in [6, 6.07) is -1.74. The first kappa shape index (κ1) is 48.3. The third-order valence-electron chi connectivity index (χ3n) is 8.88. The van der Waals surface area contributed by atoms with Crippen LogP contribution in [0, 0.1) is 5.92 Å². The van der Waals surface area contributed by atoms with Crippen molar-refractivity contribution in [2.75, 3.05) is 13.1 Å². The summed E-state index contributed by atoms with van der Waals surface area (Å²) in [7, 11) is 0. The molecule has 21 nitrogen and oxygen atoms in total. The highest BCUT2D eigenvalue weighted by molar-refractivity contribution is 5.96. The number of imidazole rings is 1. The molecule has 0 spiro atoms. The van der Waals surface area contributed by atoms with Crippen molar-refractivity contribution in [2.45, 2.75) is 114 Å². The molecule has 0 saturated carbocycles. The van der Waals surface area contributed by atoms with Crippen molar-refractivity contribution >= 4 is 41.5 Å². The Morgan fingerprint density at radius 3 is 1.90 bits per heavy atom. The third kappa shape index (κ3) is 17.6. The number of nitrogens with two attached hydrogens (primary N) is 4. The number of aliphatic imine (C=N–C) groups is 1. The fourth-order valence-corrected chi connectivity index (χ4v) is 5.78. The van der Waals surface area contributed by atoms with Crippen molar-refractivity contribution in [3.05, 3.63) is 48.0 Å². The van der Waals surface area contributed by atoms with Gasteiger partial charge < -0.3 is 69.8 Å². The summed E-state index contributed by atoms with van der Waals surface area (Å²) in [4.78, 5) is 90.5. The maximum atomic E-state index is 13.8. The van der Waals surface area contributed by atoms with Gasteiger partial charge in [-0.25, -0.2) is 9.78 Å². The molecule has 322 valence electrons. The Hall–Kier alpha value is -5.80. The fourth-order valence-electron chi connectivity index (χ4n) is 5.78. The molecular formula is C37H60N12O9. The van der Waals surface area contributed by atoms with Gasteiger partial charge >= 0.3 is 5.97 Å². The minimum Gasteiger partial charge on any atom is -0.508 e. The molecular weight excluding hydrogens is 756 g/mol. The van der Waals surface area contributed by atoms with E-state index in [0.717, 1.165) is 0 Å². The van der Waals surface area contributed by atoms with E-state index in [4.69, 9.17) is 22.9 Å². The molecule has 0 fully saturated rings. The number of carboxylic acids is 1. The Kier molecular flexibility index (Phi) is 20.6. The number of phenols is 1. The number of hydrogen-bond acceptors (Lipinski definition) is 12. The highest BCUT2D eigenvalue weighted by atomic mass is 16.4. The second-order valence-corrected chi connectivity index (χ2v) is 14.4. The van der Waals surface area contributed by atoms with Gasteiger partial charge in [0.15, 0.2) is 5.96 Å². The predicted octanol–water partition coefficient (Wildman–Crippen LogP) is -2.65. The number of aliphatic carboxylic acids is 1. The van der Waals surface area contributed by atoms with Crippen molar-refractivity contribution in [3.63, 3.8) is 0 Å². The number of aliphatic hydroxyl groups is 1. The number of unbranched alkanes of at least 4 members (excludes halogenated alkanes) is 1. The number of nitrogens with zero attached hydrogens (tertiary/aromatic N) is 2. The van der Waals surface area contributed by atoms with Gasteiger partial charge in [0.2, 0.25) is 29.5 Å². The van der Waals surface area contributed by atoms with E-state index >= 15 is 0 Å². The van der Waals surface area contributed by atoms with Crippen LogP contribution in [0.25, 0.3) is 0 Å². The zero-order valence-corrected chi connectivity index (χ0v) is 33.1. The summed E-state index contributed by atoms with van der Waals surface area (Å²) in [6.45, 7) is 5.22. The van der Waals surface area contributed by atoms with E-state index in [1.807, 2.05) is 0 Å². The first-order valence-electron chi connectivity index (χ1n) is 19.1. The Bertz CT molecular complexity index is 1650. The molecule has 21 heteroatoms. The number of aromatic hydroxyl groups is 1. The van der Waals surface area contributed by atoms with Crippen molar-refractivity contribution < 1.29 is 44.1 Å². The van der Waals surface area contributed by atoms with Gasteiger partial charge in [0, 0.05) is 24.9 Å². The molecule has 0 saturated heterocycles. The molecule has 0 unspecified atom stereocenters. The summed E-state index contributed by atoms with van der Waals surface area (Å²) in [6.07, 6.45) is 2.50. The smallest absolute Gasteiger partial charge is 0.326 e. The van der Waals surface area contributed by atoms with Crippen LogP contribution in [-0.4, -0.2) is 122 Å². The van der Waals surface area contributed by atoms with Gasteiger partial charge in [0.25, 0.3) is 0 Å². The molecule has 1 aromatic carbocycles. The van der Waals surface area contributed by atoms with E-state index in [0.29, 0.717) is 24.1 Å². The minimum absolute atomic E-state index is 0.0369. The second-order valence-electron chi connectivity index (χ2n) is 14.4. The Balaban J connectivity index is 2.30. The minimum atomic E-state index is -1.64. The SMILES string of the molecule is CC(C)C[C@H](NC(=O)[C@H](Cc1cnc[nH]1)NC(=O)[C@@H](NC(=O)[C@H](CCCCN)NC(=O)[C@H](CCCN=C(N)N)NC(=O)[C@@H](N)Cc1ccc(O)cc1)[C@@H](C)O)C(=O)O. The van der Waals surface area contributed by atoms with Gasteiger partial charge in [0.1, 0.15) is 36.0 Å². The Morgan fingerprint density at radius 1 is 0.776 bits per heavy atom. The lowest BCUT2D eigenvalue weighted by atomic mass is 10.0. The van der Waals surface area contributed by atoms with Crippen LogP contribution in [0.4, 0.5) is 0 Å². The topological polar surface area (TPSA) is 368 Å². The number of guanidine groups is 1. The molecule has 7 atom stereocenters. The van der Waals surface area contributed by atoms with Crippen LogP contribution in [0.15, 0.2) is 41.8 Å². The van der Waals surface area contributed by atoms with Gasteiger partial charge in [-0.2, -0.15) is 0 Å². The van der Waals surface area contributed by atoms with Crippen LogP contribution < -0.4 is 49.5 Å². The zero-order chi connectivity index (χ0) is 43.4. The van der Waals surface area contributed by atoms with E-state index < -0.39 is 77.9 Å². The summed E-state index contributed by atoms with van der Waals surface area (Å²) in [5.74, 6) is -5.57. The molecule has 0 bridgehead atoms. The summed E-state index contributed by atoms with van der Waals surface area (Å²) >= 11 is 0. The molecule has 2 rings (SSSR count). The van der Waals surface area contributed by atoms with Crippen LogP contribution in [0.2, 0.25) is 0 Å². The number of aromatic amines is 1. The third-order valence-corrected chi connectivity index (χ3v) is 8.88. The molecule has 58 heavy (non-hydrogen) atoms. The maximum Gasteiger partial charge on any atom is 0.326 e. The van der Waals surface area contributed by atoms with E-state index in [9.17, 15) is 44.1 Å². The predicted molar refractivity (Wildman–Crippen MR) is 213 cm³/mol. The Labute approximate surface area is 336 Å². The van der Waals surface area contributed by atoms with Crippen LogP contribution in [-0.2, 0) is 41.6 Å². The van der Waals surface area contributed by atoms with Crippen LogP contribution in [0.3, 0.4) is 0 Å². The number of rotatable bonds is 26. The number of carbonyl (C=O) groups is 6. The largest absolute Gasteiger partial charge is 0.508 e. The number of phenolic OH excluding ortho intramolecular Hbond substituents is 1. The summed E-state index contributed by atoms with van der Waals surface area (Å²) < 4.78 is 0. The quantitative estimate of drug-likeness (QED) is 0.0262. The van der Waals surface area contributed by atoms with E-state index in [1.165, 1.54) is 31.6 Å². The van der Waals surface area contributed by atoms with Gasteiger partial charge in [-0.1, -0.05) is 26.0 Å². The summed E-state index contributed by atoms with van der Waals surface area (Å²) in [5.41, 5.74) is 23.8. The van der Waals surface area contributed by atoms with Crippen molar-refractivity contribution in [3.8, 4) is 5.75 Å². The number of aromatic nitrogens is 2. The normalized spacial score (nSPS) is 14.7. The molecule has 1 aromatic heterocycles. The number of carbonyl (C=O) groups excluding carboxylic acids is 5. The average Bonchev–Trinajstić information content (AvgIpc) is 3.67. The van der Waals surface area contributed by atoms with Crippen LogP contribution >= 0.6 is 0 Å². The molecule has 0 aliphatic rings. The molecule has 2 aromatic rings. The highest BCUT2D eigenvalue weighted by Crippen LogP contribution is 2.12.